The average molecular weight is 629 g/mol. The lowest BCUT2D eigenvalue weighted by Crippen LogP contribution is -2.51. The average Bonchev–Trinajstić information content (AvgIpc) is 3.50. The predicted octanol–water partition coefficient (Wildman–Crippen LogP) is 3.94. The first kappa shape index (κ1) is 31.1. The molecule has 0 aromatic heterocycles. The van der Waals surface area contributed by atoms with Gasteiger partial charge in [-0.1, -0.05) is 84.9 Å². The van der Waals surface area contributed by atoms with Gasteiger partial charge in [-0.05, 0) is 48.2 Å². The Bertz CT molecular complexity index is 1790. The number of imide groups is 2. The summed E-state index contributed by atoms with van der Waals surface area (Å²) in [6, 6.07) is 28.7. The van der Waals surface area contributed by atoms with Crippen molar-refractivity contribution in [3.8, 4) is 0 Å². The van der Waals surface area contributed by atoms with E-state index in [4.69, 9.17) is 0 Å². The van der Waals surface area contributed by atoms with Crippen molar-refractivity contribution in [3.63, 3.8) is 0 Å². The van der Waals surface area contributed by atoms with E-state index in [1.807, 2.05) is 30.3 Å². The molecule has 10 heteroatoms. The topological polar surface area (TPSA) is 133 Å². The minimum atomic E-state index is -1.15. The summed E-state index contributed by atoms with van der Waals surface area (Å²) in [5.41, 5.74) is 2.37. The second kappa shape index (κ2) is 13.6. The lowest BCUT2D eigenvalue weighted by atomic mass is 10.0. The Morgan fingerprint density at radius 1 is 0.511 bits per heavy atom. The lowest BCUT2D eigenvalue weighted by Gasteiger charge is -2.26. The third-order valence-electron chi connectivity index (χ3n) is 8.36. The van der Waals surface area contributed by atoms with Gasteiger partial charge in [0.1, 0.15) is 12.1 Å². The summed E-state index contributed by atoms with van der Waals surface area (Å²) in [5.74, 6) is -3.02. The molecule has 0 spiro atoms. The van der Waals surface area contributed by atoms with Gasteiger partial charge in [0, 0.05) is 19.5 Å². The molecule has 0 saturated heterocycles. The van der Waals surface area contributed by atoms with Crippen molar-refractivity contribution in [3.05, 3.63) is 143 Å². The van der Waals surface area contributed by atoms with Gasteiger partial charge >= 0.3 is 0 Å². The maximum Gasteiger partial charge on any atom is 0.262 e. The first-order chi connectivity index (χ1) is 22.9. The van der Waals surface area contributed by atoms with Crippen molar-refractivity contribution in [2.24, 2.45) is 0 Å². The van der Waals surface area contributed by atoms with Crippen LogP contribution in [-0.4, -0.2) is 64.4 Å². The number of rotatable bonds is 12. The summed E-state index contributed by atoms with van der Waals surface area (Å²) >= 11 is 0. The molecule has 2 heterocycles. The van der Waals surface area contributed by atoms with Gasteiger partial charge in [-0.25, -0.2) is 0 Å². The van der Waals surface area contributed by atoms with E-state index in [0.29, 0.717) is 18.4 Å². The zero-order chi connectivity index (χ0) is 32.9. The van der Waals surface area contributed by atoms with Crippen molar-refractivity contribution in [1.82, 2.24) is 20.4 Å². The Morgan fingerprint density at radius 2 is 0.915 bits per heavy atom. The third kappa shape index (κ3) is 6.17. The monoisotopic (exact) mass is 628 g/mol. The summed E-state index contributed by atoms with van der Waals surface area (Å²) in [4.78, 5) is 81.9. The van der Waals surface area contributed by atoms with Crippen LogP contribution >= 0.6 is 0 Å². The molecular weight excluding hydrogens is 596 g/mol. The number of carbonyl (C=O) groups is 6. The van der Waals surface area contributed by atoms with Crippen LogP contribution in [0.5, 0.6) is 0 Å². The number of fused-ring (bicyclic) bond motifs is 2. The second-order valence-electron chi connectivity index (χ2n) is 11.4. The van der Waals surface area contributed by atoms with E-state index in [-0.39, 0.29) is 41.8 Å². The first-order valence-corrected chi connectivity index (χ1v) is 15.4. The summed E-state index contributed by atoms with van der Waals surface area (Å²) < 4.78 is 0. The zero-order valence-electron chi connectivity index (χ0n) is 25.4. The van der Waals surface area contributed by atoms with Crippen LogP contribution in [0.3, 0.4) is 0 Å². The summed E-state index contributed by atoms with van der Waals surface area (Å²) in [6.45, 7) is 0.469. The second-order valence-corrected chi connectivity index (χ2v) is 11.4. The van der Waals surface area contributed by atoms with Gasteiger partial charge in [-0.15, -0.1) is 0 Å². The minimum Gasteiger partial charge on any atom is -0.354 e. The number of nitrogens with one attached hydrogen (secondary N) is 2. The molecule has 0 radical (unpaired) electrons. The van der Waals surface area contributed by atoms with Crippen LogP contribution in [0.2, 0.25) is 0 Å². The molecule has 236 valence electrons. The normalized spacial score (nSPS) is 14.9. The van der Waals surface area contributed by atoms with Crippen molar-refractivity contribution in [1.29, 1.82) is 0 Å². The van der Waals surface area contributed by atoms with E-state index in [1.165, 1.54) is 0 Å². The third-order valence-corrected chi connectivity index (χ3v) is 8.36. The van der Waals surface area contributed by atoms with Crippen LogP contribution in [-0.2, 0) is 16.0 Å². The van der Waals surface area contributed by atoms with Crippen molar-refractivity contribution in [2.75, 3.05) is 13.1 Å². The molecule has 0 saturated carbocycles. The molecule has 10 nitrogen and oxygen atoms in total. The highest BCUT2D eigenvalue weighted by Crippen LogP contribution is 2.32. The van der Waals surface area contributed by atoms with Gasteiger partial charge in [-0.3, -0.25) is 38.6 Å². The number of carbonyl (C=O) groups excluding carboxylic acids is 6. The van der Waals surface area contributed by atoms with Gasteiger partial charge in [0.05, 0.1) is 22.3 Å². The van der Waals surface area contributed by atoms with E-state index in [2.05, 4.69) is 10.6 Å². The van der Waals surface area contributed by atoms with Crippen LogP contribution < -0.4 is 10.6 Å². The Kier molecular flexibility index (Phi) is 9.01. The summed E-state index contributed by atoms with van der Waals surface area (Å²) in [5, 5.41) is 5.70. The van der Waals surface area contributed by atoms with Crippen molar-refractivity contribution >= 4 is 35.4 Å². The number of amides is 6. The fourth-order valence-electron chi connectivity index (χ4n) is 6.01. The van der Waals surface area contributed by atoms with Gasteiger partial charge in [0.25, 0.3) is 23.6 Å². The van der Waals surface area contributed by atoms with Crippen LogP contribution in [0, 0.1) is 0 Å². The maximum atomic E-state index is 13.5. The molecule has 2 aliphatic rings. The maximum absolute atomic E-state index is 13.5. The molecule has 2 aliphatic heterocycles. The largest absolute Gasteiger partial charge is 0.354 e. The van der Waals surface area contributed by atoms with Gasteiger partial charge in [0.2, 0.25) is 11.8 Å². The molecule has 0 unspecified atom stereocenters. The number of hydrogen-bond acceptors (Lipinski definition) is 6. The highest BCUT2D eigenvalue weighted by molar-refractivity contribution is 6.23. The number of nitrogens with zero attached hydrogens (tertiary/aromatic N) is 2. The number of unbranched alkanes of at least 4 members (excludes halogenated alkanes) is 1. The van der Waals surface area contributed by atoms with Crippen LogP contribution in [0.1, 0.15) is 71.4 Å². The smallest absolute Gasteiger partial charge is 0.262 e. The van der Waals surface area contributed by atoms with E-state index in [0.717, 1.165) is 15.4 Å². The molecule has 4 aromatic rings. The molecule has 2 atom stereocenters. The van der Waals surface area contributed by atoms with E-state index in [9.17, 15) is 28.8 Å². The predicted molar refractivity (Wildman–Crippen MR) is 172 cm³/mol. The molecule has 2 N–H and O–H groups in total. The molecule has 0 bridgehead atoms. The minimum absolute atomic E-state index is 0.160. The first-order valence-electron chi connectivity index (χ1n) is 15.4. The Labute approximate surface area is 271 Å². The number of hydrogen-bond donors (Lipinski definition) is 2. The molecule has 0 fully saturated rings. The van der Waals surface area contributed by atoms with Crippen molar-refractivity contribution < 1.29 is 28.8 Å². The van der Waals surface area contributed by atoms with Crippen LogP contribution in [0.15, 0.2) is 109 Å². The van der Waals surface area contributed by atoms with E-state index < -0.39 is 47.5 Å². The lowest BCUT2D eigenvalue weighted by molar-refractivity contribution is -0.126. The highest BCUT2D eigenvalue weighted by Gasteiger charge is 2.44. The van der Waals surface area contributed by atoms with Gasteiger partial charge in [0.15, 0.2) is 0 Å². The van der Waals surface area contributed by atoms with Crippen molar-refractivity contribution in [2.45, 2.75) is 31.3 Å². The standard InChI is InChI=1S/C37H32N4O6/c42-32(30(23-24-13-3-1-4-14-24)40-34(44)26-17-7-8-18-27(26)35(40)45)38-21-11-12-22-39-33(43)31(25-15-5-2-6-16-25)41-36(46)28-19-9-10-20-29(28)37(41)47/h1-10,13-20,30-31H,11-12,21-23H2,(H,38,42)(H,39,43)/t30-,31-/m1/s1. The van der Waals surface area contributed by atoms with E-state index >= 15 is 0 Å². The summed E-state index contributed by atoms with van der Waals surface area (Å²) in [7, 11) is 0. The molecule has 47 heavy (non-hydrogen) atoms. The molecule has 4 aromatic carbocycles. The van der Waals surface area contributed by atoms with Gasteiger partial charge in [-0.2, -0.15) is 0 Å². The molecule has 0 aliphatic carbocycles. The van der Waals surface area contributed by atoms with Crippen LogP contribution in [0.4, 0.5) is 0 Å². The molecule has 6 rings (SSSR count). The van der Waals surface area contributed by atoms with Gasteiger partial charge < -0.3 is 10.6 Å². The Hall–Kier alpha value is -5.90. The Balaban J connectivity index is 1.07. The highest BCUT2D eigenvalue weighted by atomic mass is 16.2. The Morgan fingerprint density at radius 3 is 1.40 bits per heavy atom. The quantitative estimate of drug-likeness (QED) is 0.180. The summed E-state index contributed by atoms with van der Waals surface area (Å²) in [6.07, 6.45) is 1.12. The van der Waals surface area contributed by atoms with Crippen LogP contribution in [0.25, 0.3) is 0 Å². The van der Waals surface area contributed by atoms with E-state index in [1.54, 1.807) is 78.9 Å². The fourth-order valence-corrected chi connectivity index (χ4v) is 6.01. The zero-order valence-corrected chi connectivity index (χ0v) is 25.4. The molecular formula is C37H32N4O6. The number of benzene rings is 4. The molecule has 6 amide bonds. The SMILES string of the molecule is O=C(NCCCCNC(=O)[C@@H](c1ccccc1)N1C(=O)c2ccccc2C1=O)[C@@H](Cc1ccccc1)N1C(=O)c2ccccc2C1=O. The fraction of sp³-hybridized carbons (Fsp3) is 0.189.